The fraction of sp³-hybridized carbons (Fsp3) is 0.379. The highest BCUT2D eigenvalue weighted by atomic mass is 16.5. The normalized spacial score (nSPS) is 15.9. The highest BCUT2D eigenvalue weighted by molar-refractivity contribution is 6.03. The molecule has 38 heavy (non-hydrogen) atoms. The molecule has 1 saturated heterocycles. The number of benzene rings is 2. The van der Waals surface area contributed by atoms with Gasteiger partial charge in [0.05, 0.1) is 17.7 Å². The summed E-state index contributed by atoms with van der Waals surface area (Å²) < 4.78 is 11.7. The Hall–Kier alpha value is -3.98. The zero-order chi connectivity index (χ0) is 27.0. The summed E-state index contributed by atoms with van der Waals surface area (Å²) in [5, 5.41) is 20.9. The molecular formula is C29H33N3O6. The van der Waals surface area contributed by atoms with Gasteiger partial charge in [-0.15, -0.1) is 0 Å². The molecule has 2 aromatic carbocycles. The second-order valence-corrected chi connectivity index (χ2v) is 10.3. The number of hydrogen-bond donors (Lipinski definition) is 2. The number of ether oxygens (including phenoxy) is 1. The smallest absolute Gasteiger partial charge is 0.258 e. The molecule has 3 heterocycles. The van der Waals surface area contributed by atoms with Crippen molar-refractivity contribution in [2.75, 3.05) is 27.2 Å². The van der Waals surface area contributed by atoms with Crippen LogP contribution in [0.25, 0.3) is 0 Å². The SMILES string of the molecule is Cc1ccc(CN(C)C(=O)c2cc(C(=O)N3Cc4ccc(OC5CCN(C)CC5)cc4C3)c(O)cc2O)o1. The number of nitrogens with zero attached hydrogens (tertiary/aromatic N) is 3. The van der Waals surface area contributed by atoms with Crippen molar-refractivity contribution in [1.29, 1.82) is 0 Å². The highest BCUT2D eigenvalue weighted by Gasteiger charge is 2.29. The number of aryl methyl sites for hydroxylation is 1. The summed E-state index contributed by atoms with van der Waals surface area (Å²) in [6, 6.07) is 11.8. The van der Waals surface area contributed by atoms with E-state index in [1.54, 1.807) is 24.1 Å². The first-order valence-electron chi connectivity index (χ1n) is 12.8. The zero-order valence-electron chi connectivity index (χ0n) is 21.9. The summed E-state index contributed by atoms with van der Waals surface area (Å²) in [6.07, 6.45) is 2.15. The maximum absolute atomic E-state index is 13.4. The quantitative estimate of drug-likeness (QED) is 0.509. The molecule has 2 aliphatic heterocycles. The lowest BCUT2D eigenvalue weighted by Crippen LogP contribution is -2.35. The van der Waals surface area contributed by atoms with Crippen LogP contribution in [-0.2, 0) is 19.6 Å². The van der Waals surface area contributed by atoms with Gasteiger partial charge in [-0.05, 0) is 68.3 Å². The van der Waals surface area contributed by atoms with Gasteiger partial charge in [0, 0.05) is 39.3 Å². The number of carbonyl (C=O) groups excluding carboxylic acids is 2. The van der Waals surface area contributed by atoms with Gasteiger partial charge in [0.25, 0.3) is 11.8 Å². The van der Waals surface area contributed by atoms with Gasteiger partial charge in [0.2, 0.25) is 0 Å². The summed E-state index contributed by atoms with van der Waals surface area (Å²) >= 11 is 0. The maximum Gasteiger partial charge on any atom is 0.258 e. The van der Waals surface area contributed by atoms with Gasteiger partial charge in [0.15, 0.2) is 0 Å². The summed E-state index contributed by atoms with van der Waals surface area (Å²) in [4.78, 5) is 31.8. The van der Waals surface area contributed by atoms with Gasteiger partial charge in [-0.1, -0.05) is 6.07 Å². The van der Waals surface area contributed by atoms with Crippen LogP contribution >= 0.6 is 0 Å². The first-order valence-corrected chi connectivity index (χ1v) is 12.8. The molecule has 0 saturated carbocycles. The monoisotopic (exact) mass is 519 g/mol. The van der Waals surface area contributed by atoms with Crippen LogP contribution in [0.5, 0.6) is 17.2 Å². The summed E-state index contributed by atoms with van der Waals surface area (Å²) in [7, 11) is 3.69. The first-order chi connectivity index (χ1) is 18.2. The van der Waals surface area contributed by atoms with Crippen LogP contribution in [0.1, 0.15) is 56.2 Å². The van der Waals surface area contributed by atoms with Crippen molar-refractivity contribution in [3.8, 4) is 17.2 Å². The number of likely N-dealkylation sites (tertiary alicyclic amines) is 1. The molecular weight excluding hydrogens is 486 g/mol. The number of aromatic hydroxyl groups is 2. The number of phenolic OH excluding ortho intramolecular Hbond substituents is 2. The van der Waals surface area contributed by atoms with E-state index in [0.29, 0.717) is 18.8 Å². The van der Waals surface area contributed by atoms with E-state index in [1.807, 2.05) is 25.1 Å². The molecule has 0 spiro atoms. The Morgan fingerprint density at radius 1 is 1.00 bits per heavy atom. The van der Waals surface area contributed by atoms with Crippen LogP contribution in [-0.4, -0.2) is 70.0 Å². The van der Waals surface area contributed by atoms with Crippen molar-refractivity contribution < 1.29 is 29.0 Å². The third-order valence-corrected chi connectivity index (χ3v) is 7.27. The predicted octanol–water partition coefficient (Wildman–Crippen LogP) is 3.90. The van der Waals surface area contributed by atoms with Gasteiger partial charge in [-0.3, -0.25) is 9.59 Å². The Morgan fingerprint density at radius 2 is 1.71 bits per heavy atom. The van der Waals surface area contributed by atoms with Crippen LogP contribution in [0.2, 0.25) is 0 Å². The molecule has 2 N–H and O–H groups in total. The Labute approximate surface area is 221 Å². The van der Waals surface area contributed by atoms with E-state index in [0.717, 1.165) is 54.6 Å². The zero-order valence-corrected chi connectivity index (χ0v) is 21.9. The number of hydrogen-bond acceptors (Lipinski definition) is 7. The molecule has 5 rings (SSSR count). The summed E-state index contributed by atoms with van der Waals surface area (Å²) in [5.74, 6) is 0.432. The molecule has 9 heteroatoms. The van der Waals surface area contributed by atoms with E-state index in [4.69, 9.17) is 9.15 Å². The number of carbonyl (C=O) groups is 2. The van der Waals surface area contributed by atoms with Crippen molar-refractivity contribution >= 4 is 11.8 Å². The molecule has 0 atom stereocenters. The van der Waals surface area contributed by atoms with E-state index in [9.17, 15) is 19.8 Å². The van der Waals surface area contributed by atoms with Gasteiger partial charge in [-0.2, -0.15) is 0 Å². The number of rotatable bonds is 6. The number of amides is 2. The predicted molar refractivity (Wildman–Crippen MR) is 140 cm³/mol. The third-order valence-electron chi connectivity index (χ3n) is 7.27. The number of phenols is 2. The fourth-order valence-corrected chi connectivity index (χ4v) is 5.05. The summed E-state index contributed by atoms with van der Waals surface area (Å²) in [6.45, 7) is 4.77. The lowest BCUT2D eigenvalue weighted by Gasteiger charge is -2.29. The molecule has 0 radical (unpaired) electrons. The third kappa shape index (κ3) is 5.33. The van der Waals surface area contributed by atoms with E-state index in [1.165, 1.54) is 11.0 Å². The molecule has 1 aromatic heterocycles. The van der Waals surface area contributed by atoms with E-state index in [-0.39, 0.29) is 29.5 Å². The molecule has 9 nitrogen and oxygen atoms in total. The molecule has 0 bridgehead atoms. The van der Waals surface area contributed by atoms with Crippen molar-refractivity contribution in [1.82, 2.24) is 14.7 Å². The largest absolute Gasteiger partial charge is 0.507 e. The van der Waals surface area contributed by atoms with Crippen molar-refractivity contribution in [2.45, 2.75) is 45.5 Å². The molecule has 2 amide bonds. The standard InChI is InChI=1S/C29H33N3O6/c1-18-4-6-23(37-18)17-31(3)28(35)24-13-25(27(34)14-26(24)33)29(36)32-15-19-5-7-22(12-20(19)16-32)38-21-8-10-30(2)11-9-21/h4-7,12-14,21,33-34H,8-11,15-17H2,1-3H3. The Kier molecular flexibility index (Phi) is 7.03. The minimum Gasteiger partial charge on any atom is -0.507 e. The van der Waals surface area contributed by atoms with Gasteiger partial charge in [0.1, 0.15) is 34.9 Å². The van der Waals surface area contributed by atoms with Gasteiger partial charge < -0.3 is 34.1 Å². The van der Waals surface area contributed by atoms with Crippen molar-refractivity contribution in [3.05, 3.63) is 76.2 Å². The minimum atomic E-state index is -0.494. The van der Waals surface area contributed by atoms with E-state index >= 15 is 0 Å². The van der Waals surface area contributed by atoms with Crippen molar-refractivity contribution in [3.63, 3.8) is 0 Å². The minimum absolute atomic E-state index is 0.0380. The van der Waals surface area contributed by atoms with Crippen LogP contribution in [0, 0.1) is 6.92 Å². The molecule has 3 aromatic rings. The molecule has 2 aliphatic rings. The van der Waals surface area contributed by atoms with Crippen LogP contribution < -0.4 is 4.74 Å². The number of piperidine rings is 1. The number of furan rings is 1. The second-order valence-electron chi connectivity index (χ2n) is 10.3. The van der Waals surface area contributed by atoms with Gasteiger partial charge >= 0.3 is 0 Å². The lowest BCUT2D eigenvalue weighted by atomic mass is 10.1. The lowest BCUT2D eigenvalue weighted by molar-refractivity contribution is 0.0747. The van der Waals surface area contributed by atoms with E-state index in [2.05, 4.69) is 11.9 Å². The fourth-order valence-electron chi connectivity index (χ4n) is 5.05. The topological polar surface area (TPSA) is 107 Å². The highest BCUT2D eigenvalue weighted by Crippen LogP contribution is 2.33. The van der Waals surface area contributed by atoms with Crippen LogP contribution in [0.4, 0.5) is 0 Å². The molecule has 200 valence electrons. The first kappa shape index (κ1) is 25.7. The Balaban J connectivity index is 1.29. The average molecular weight is 520 g/mol. The Morgan fingerprint density at radius 3 is 2.42 bits per heavy atom. The van der Waals surface area contributed by atoms with E-state index < -0.39 is 17.6 Å². The average Bonchev–Trinajstić information content (AvgIpc) is 3.50. The van der Waals surface area contributed by atoms with Crippen LogP contribution in [0.15, 0.2) is 46.9 Å². The van der Waals surface area contributed by atoms with Crippen molar-refractivity contribution in [2.24, 2.45) is 0 Å². The Bertz CT molecular complexity index is 1360. The van der Waals surface area contributed by atoms with Crippen LogP contribution in [0.3, 0.4) is 0 Å². The molecule has 0 unspecified atom stereocenters. The van der Waals surface area contributed by atoms with Gasteiger partial charge in [-0.25, -0.2) is 0 Å². The molecule has 0 aliphatic carbocycles. The summed E-state index contributed by atoms with van der Waals surface area (Å²) in [5.41, 5.74) is 1.90. The maximum atomic E-state index is 13.4. The second kappa shape index (κ2) is 10.4. The number of fused-ring (bicyclic) bond motifs is 1. The molecule has 1 fully saturated rings.